The average molecular weight is 295 g/mol. The number of hydrogen-bond acceptors (Lipinski definition) is 5. The van der Waals surface area contributed by atoms with Gasteiger partial charge in [0.15, 0.2) is 5.17 Å². The first kappa shape index (κ1) is 13.4. The van der Waals surface area contributed by atoms with E-state index in [1.807, 2.05) is 0 Å². The highest BCUT2D eigenvalue weighted by molar-refractivity contribution is 8.14. The van der Waals surface area contributed by atoms with Gasteiger partial charge in [0, 0.05) is 18.7 Å². The Morgan fingerprint density at radius 2 is 2.25 bits per heavy atom. The van der Waals surface area contributed by atoms with Gasteiger partial charge in [-0.2, -0.15) is 5.10 Å². The number of rotatable bonds is 2. The standard InChI is InChI=1S/C12H17N5O2S/c18-10(14-11-13-5-7-20-11)8-17-12(19)16-6-3-1-2-4-9(16)15-17/h1-8H2,(H,13,14,18). The number of carbonyl (C=O) groups excluding carboxylic acids is 1. The molecule has 2 aliphatic rings. The number of amidine groups is 1. The zero-order valence-corrected chi connectivity index (χ0v) is 12.0. The number of aryl methyl sites for hydroxylation is 1. The summed E-state index contributed by atoms with van der Waals surface area (Å²) in [6, 6.07) is 0. The molecule has 0 unspecified atom stereocenters. The Balaban J connectivity index is 1.71. The van der Waals surface area contributed by atoms with Crippen LogP contribution in [0, 0.1) is 0 Å². The van der Waals surface area contributed by atoms with E-state index in [0.717, 1.165) is 43.8 Å². The van der Waals surface area contributed by atoms with Crippen molar-refractivity contribution in [3.05, 3.63) is 16.3 Å². The number of nitrogens with zero attached hydrogens (tertiary/aromatic N) is 4. The first-order valence-electron chi connectivity index (χ1n) is 6.87. The number of carbonyl (C=O) groups is 1. The molecule has 0 spiro atoms. The van der Waals surface area contributed by atoms with Crippen LogP contribution >= 0.6 is 11.8 Å². The number of aliphatic imine (C=N–C) groups is 1. The van der Waals surface area contributed by atoms with Crippen molar-refractivity contribution in [2.24, 2.45) is 4.99 Å². The van der Waals surface area contributed by atoms with Crippen LogP contribution in [0.5, 0.6) is 0 Å². The third-order valence-corrected chi connectivity index (χ3v) is 4.30. The van der Waals surface area contributed by atoms with Gasteiger partial charge in [-0.05, 0) is 12.8 Å². The van der Waals surface area contributed by atoms with Crippen molar-refractivity contribution < 1.29 is 4.79 Å². The van der Waals surface area contributed by atoms with E-state index in [4.69, 9.17) is 0 Å². The number of fused-ring (bicyclic) bond motifs is 1. The molecule has 0 radical (unpaired) electrons. The Kier molecular flexibility index (Phi) is 3.90. The summed E-state index contributed by atoms with van der Waals surface area (Å²) < 4.78 is 2.96. The highest BCUT2D eigenvalue weighted by Gasteiger charge is 2.18. The molecule has 0 atom stereocenters. The van der Waals surface area contributed by atoms with Crippen molar-refractivity contribution in [2.45, 2.75) is 38.8 Å². The zero-order valence-electron chi connectivity index (χ0n) is 11.2. The molecule has 7 nitrogen and oxygen atoms in total. The summed E-state index contributed by atoms with van der Waals surface area (Å²) in [5, 5.41) is 7.64. The van der Waals surface area contributed by atoms with Crippen LogP contribution in [0.4, 0.5) is 0 Å². The van der Waals surface area contributed by atoms with Crippen LogP contribution in [0.3, 0.4) is 0 Å². The van der Waals surface area contributed by atoms with Crippen LogP contribution in [0.1, 0.15) is 25.1 Å². The van der Waals surface area contributed by atoms with E-state index < -0.39 is 0 Å². The Hall–Kier alpha value is -1.57. The molecule has 3 heterocycles. The Labute approximate surface area is 120 Å². The van der Waals surface area contributed by atoms with Crippen molar-refractivity contribution in [3.8, 4) is 0 Å². The molecule has 108 valence electrons. The molecule has 0 aliphatic carbocycles. The number of amides is 1. The normalized spacial score (nSPS) is 18.3. The highest BCUT2D eigenvalue weighted by atomic mass is 32.2. The van der Waals surface area contributed by atoms with Crippen molar-refractivity contribution in [3.63, 3.8) is 0 Å². The molecular formula is C12H17N5O2S. The number of hydrogen-bond donors (Lipinski definition) is 1. The third-order valence-electron chi connectivity index (χ3n) is 3.41. The van der Waals surface area contributed by atoms with Gasteiger partial charge in [0.05, 0.1) is 6.54 Å². The summed E-state index contributed by atoms with van der Waals surface area (Å²) in [6.07, 6.45) is 3.99. The lowest BCUT2D eigenvalue weighted by atomic mass is 10.2. The minimum Gasteiger partial charge on any atom is -0.304 e. The fraction of sp³-hybridized carbons (Fsp3) is 0.667. The molecule has 2 aliphatic heterocycles. The first-order valence-corrected chi connectivity index (χ1v) is 7.86. The molecular weight excluding hydrogens is 278 g/mol. The Bertz CT molecular complexity index is 603. The minimum absolute atomic E-state index is 0.0432. The summed E-state index contributed by atoms with van der Waals surface area (Å²) in [4.78, 5) is 28.2. The van der Waals surface area contributed by atoms with E-state index >= 15 is 0 Å². The van der Waals surface area contributed by atoms with Crippen LogP contribution in [0.2, 0.25) is 0 Å². The van der Waals surface area contributed by atoms with Crippen LogP contribution in [0.15, 0.2) is 9.79 Å². The maximum Gasteiger partial charge on any atom is 0.346 e. The zero-order chi connectivity index (χ0) is 13.9. The fourth-order valence-electron chi connectivity index (χ4n) is 2.43. The van der Waals surface area contributed by atoms with E-state index in [1.54, 1.807) is 4.57 Å². The van der Waals surface area contributed by atoms with Gasteiger partial charge in [0.1, 0.15) is 12.4 Å². The van der Waals surface area contributed by atoms with Crippen LogP contribution < -0.4 is 11.0 Å². The molecule has 1 aromatic rings. The van der Waals surface area contributed by atoms with Gasteiger partial charge in [-0.1, -0.05) is 18.2 Å². The van der Waals surface area contributed by atoms with Gasteiger partial charge in [-0.15, -0.1) is 0 Å². The second-order valence-corrected chi connectivity index (χ2v) is 5.99. The molecule has 0 aromatic carbocycles. The molecule has 0 fully saturated rings. The summed E-state index contributed by atoms with van der Waals surface area (Å²) >= 11 is 1.52. The average Bonchev–Trinajstić information content (AvgIpc) is 2.94. The number of thioether (sulfide) groups is 1. The molecule has 1 N–H and O–H groups in total. The SMILES string of the molecule is O=C(Cn1nc2n(c1=O)CCCCC2)NC1=NCCS1. The molecule has 3 rings (SSSR count). The van der Waals surface area contributed by atoms with Gasteiger partial charge in [-0.3, -0.25) is 14.4 Å². The van der Waals surface area contributed by atoms with Gasteiger partial charge >= 0.3 is 5.69 Å². The lowest BCUT2D eigenvalue weighted by molar-refractivity contribution is -0.120. The van der Waals surface area contributed by atoms with Gasteiger partial charge in [-0.25, -0.2) is 9.48 Å². The van der Waals surface area contributed by atoms with Gasteiger partial charge < -0.3 is 5.32 Å². The summed E-state index contributed by atoms with van der Waals surface area (Å²) in [6.45, 7) is 1.40. The van der Waals surface area contributed by atoms with Crippen LogP contribution in [0.25, 0.3) is 0 Å². The number of nitrogens with one attached hydrogen (secondary N) is 1. The predicted octanol–water partition coefficient (Wildman–Crippen LogP) is -0.00980. The number of aromatic nitrogens is 3. The van der Waals surface area contributed by atoms with Gasteiger partial charge in [0.2, 0.25) is 5.91 Å². The van der Waals surface area contributed by atoms with E-state index in [-0.39, 0.29) is 18.1 Å². The van der Waals surface area contributed by atoms with Crippen LogP contribution in [-0.2, 0) is 24.3 Å². The molecule has 1 amide bonds. The second kappa shape index (κ2) is 5.82. The second-order valence-electron chi connectivity index (χ2n) is 4.90. The van der Waals surface area contributed by atoms with Crippen molar-refractivity contribution >= 4 is 22.8 Å². The van der Waals surface area contributed by atoms with Crippen LogP contribution in [-0.4, -0.2) is 37.7 Å². The predicted molar refractivity (Wildman–Crippen MR) is 76.9 cm³/mol. The lowest BCUT2D eigenvalue weighted by Crippen LogP contribution is -2.35. The topological polar surface area (TPSA) is 81.3 Å². The monoisotopic (exact) mass is 295 g/mol. The fourth-order valence-corrected chi connectivity index (χ4v) is 3.18. The smallest absolute Gasteiger partial charge is 0.304 e. The molecule has 0 bridgehead atoms. The van der Waals surface area contributed by atoms with Crippen molar-refractivity contribution in [2.75, 3.05) is 12.3 Å². The summed E-state index contributed by atoms with van der Waals surface area (Å²) in [7, 11) is 0. The summed E-state index contributed by atoms with van der Waals surface area (Å²) in [5.74, 6) is 1.45. The van der Waals surface area contributed by atoms with E-state index in [0.29, 0.717) is 11.7 Å². The maximum atomic E-state index is 12.2. The van der Waals surface area contributed by atoms with E-state index in [9.17, 15) is 9.59 Å². The van der Waals surface area contributed by atoms with Crippen molar-refractivity contribution in [1.29, 1.82) is 0 Å². The lowest BCUT2D eigenvalue weighted by Gasteiger charge is -2.03. The van der Waals surface area contributed by atoms with Crippen molar-refractivity contribution in [1.82, 2.24) is 19.7 Å². The largest absolute Gasteiger partial charge is 0.346 e. The highest BCUT2D eigenvalue weighted by Crippen LogP contribution is 2.10. The first-order chi connectivity index (χ1) is 9.74. The Morgan fingerprint density at radius 1 is 1.35 bits per heavy atom. The maximum absolute atomic E-state index is 12.2. The third kappa shape index (κ3) is 2.79. The quantitative estimate of drug-likeness (QED) is 0.832. The van der Waals surface area contributed by atoms with E-state index in [1.165, 1.54) is 16.4 Å². The Morgan fingerprint density at radius 3 is 3.05 bits per heavy atom. The van der Waals surface area contributed by atoms with E-state index in [2.05, 4.69) is 15.4 Å². The molecule has 8 heteroatoms. The molecule has 0 saturated heterocycles. The molecule has 20 heavy (non-hydrogen) atoms. The summed E-state index contributed by atoms with van der Waals surface area (Å²) in [5.41, 5.74) is -0.182. The molecule has 0 saturated carbocycles. The molecule has 1 aromatic heterocycles. The minimum atomic E-state index is -0.242. The van der Waals surface area contributed by atoms with Gasteiger partial charge in [0.25, 0.3) is 0 Å².